The van der Waals surface area contributed by atoms with Gasteiger partial charge in [0.15, 0.2) is 11.6 Å². The molecule has 1 heterocycles. The Bertz CT molecular complexity index is 792. The number of piperidine rings is 1. The smallest absolute Gasteiger partial charge is 0.216 e. The molecule has 8 heteroatoms. The van der Waals surface area contributed by atoms with Crippen molar-refractivity contribution in [3.05, 3.63) is 35.3 Å². The number of ether oxygens (including phenoxy) is 1. The van der Waals surface area contributed by atoms with Crippen LogP contribution in [0, 0.1) is 17.1 Å². The summed E-state index contributed by atoms with van der Waals surface area (Å²) in [6.07, 6.45) is 2.20. The summed E-state index contributed by atoms with van der Waals surface area (Å²) in [5.41, 5.74) is 7.07. The molecule has 1 aromatic rings. The second-order valence-electron chi connectivity index (χ2n) is 6.39. The average Bonchev–Trinajstić information content (AvgIpc) is 2.68. The van der Waals surface area contributed by atoms with Gasteiger partial charge in [0.1, 0.15) is 11.8 Å². The van der Waals surface area contributed by atoms with Gasteiger partial charge in [-0.2, -0.15) is 5.26 Å². The van der Waals surface area contributed by atoms with Crippen molar-refractivity contribution in [1.29, 1.82) is 5.26 Å². The lowest BCUT2D eigenvalue weighted by Gasteiger charge is -2.34. The molecule has 27 heavy (non-hydrogen) atoms. The summed E-state index contributed by atoms with van der Waals surface area (Å²) in [7, 11) is 2.97. The number of carbonyl (C=O) groups excluding carboxylic acids is 1. The number of rotatable bonds is 4. The van der Waals surface area contributed by atoms with E-state index >= 15 is 0 Å². The molecule has 2 rings (SSSR count). The molecule has 0 bridgehead atoms. The van der Waals surface area contributed by atoms with E-state index in [-0.39, 0.29) is 17.5 Å². The summed E-state index contributed by atoms with van der Waals surface area (Å²) in [5.74, 6) is -0.0211. The van der Waals surface area contributed by atoms with E-state index in [0.717, 1.165) is 12.8 Å². The van der Waals surface area contributed by atoms with E-state index in [1.807, 2.05) is 4.90 Å². The van der Waals surface area contributed by atoms with Crippen molar-refractivity contribution in [1.82, 2.24) is 9.80 Å². The average molecular weight is 373 g/mol. The predicted octanol–water partition coefficient (Wildman–Crippen LogP) is 1.96. The van der Waals surface area contributed by atoms with Gasteiger partial charge in [-0.1, -0.05) is 6.07 Å². The molecule has 1 amide bonds. The monoisotopic (exact) mass is 373 g/mol. The summed E-state index contributed by atoms with van der Waals surface area (Å²) in [6, 6.07) is 6.63. The summed E-state index contributed by atoms with van der Waals surface area (Å²) in [5, 5.41) is 9.59. The number of nitrogens with two attached hydrogens (primary N) is 1. The molecule has 1 saturated heterocycles. The number of carbonyl (C=O) groups is 1. The molecule has 144 valence electrons. The molecule has 0 aliphatic carbocycles. The highest BCUT2D eigenvalue weighted by atomic mass is 19.1. The van der Waals surface area contributed by atoms with Crippen LogP contribution in [0.3, 0.4) is 0 Å². The van der Waals surface area contributed by atoms with E-state index in [4.69, 9.17) is 10.5 Å². The Hall–Kier alpha value is -2.92. The summed E-state index contributed by atoms with van der Waals surface area (Å²) in [6.45, 7) is 2.98. The second kappa shape index (κ2) is 9.14. The molecular weight excluding hydrogens is 349 g/mol. The highest BCUT2D eigenvalue weighted by Gasteiger charge is 2.22. The number of methoxy groups -OCH3 is 1. The maximum absolute atomic E-state index is 14.0. The van der Waals surface area contributed by atoms with E-state index in [1.54, 1.807) is 20.0 Å². The fourth-order valence-electron chi connectivity index (χ4n) is 2.85. The molecule has 0 spiro atoms. The minimum Gasteiger partial charge on any atom is -0.494 e. The van der Waals surface area contributed by atoms with E-state index in [1.165, 1.54) is 24.1 Å². The summed E-state index contributed by atoms with van der Waals surface area (Å²) >= 11 is 0. The Balaban J connectivity index is 2.44. The highest BCUT2D eigenvalue weighted by Crippen LogP contribution is 2.25. The van der Waals surface area contributed by atoms with Gasteiger partial charge in [0.2, 0.25) is 12.4 Å². The number of amides is 1. The number of nitrogens with zero attached hydrogens (tertiary/aromatic N) is 4. The molecule has 1 fully saturated rings. The van der Waals surface area contributed by atoms with Crippen LogP contribution in [0.4, 0.5) is 4.39 Å². The second-order valence-corrected chi connectivity index (χ2v) is 6.39. The van der Waals surface area contributed by atoms with Gasteiger partial charge < -0.3 is 15.4 Å². The number of hydrogen-bond donors (Lipinski definition) is 1. The topological polar surface area (TPSA) is 94.9 Å². The number of benzene rings is 1. The minimum atomic E-state index is -0.522. The first-order valence-electron chi connectivity index (χ1n) is 8.63. The van der Waals surface area contributed by atoms with Crippen LogP contribution in [-0.4, -0.2) is 55.5 Å². The van der Waals surface area contributed by atoms with Gasteiger partial charge in [-0.05, 0) is 43.0 Å². The predicted molar refractivity (Wildman–Crippen MR) is 101 cm³/mol. The van der Waals surface area contributed by atoms with Crippen molar-refractivity contribution in [2.45, 2.75) is 25.8 Å². The first-order chi connectivity index (χ1) is 12.9. The zero-order chi connectivity index (χ0) is 20.0. The quantitative estimate of drug-likeness (QED) is 0.377. The van der Waals surface area contributed by atoms with Crippen molar-refractivity contribution in [2.24, 2.45) is 10.7 Å². The van der Waals surface area contributed by atoms with Crippen LogP contribution in [0.15, 0.2) is 28.9 Å². The summed E-state index contributed by atoms with van der Waals surface area (Å²) < 4.78 is 18.9. The Labute approximate surface area is 158 Å². The van der Waals surface area contributed by atoms with Crippen LogP contribution < -0.4 is 10.5 Å². The largest absolute Gasteiger partial charge is 0.494 e. The van der Waals surface area contributed by atoms with Crippen molar-refractivity contribution < 1.29 is 13.9 Å². The Morgan fingerprint density at radius 2 is 2.15 bits per heavy atom. The van der Waals surface area contributed by atoms with E-state index in [9.17, 15) is 14.4 Å². The third kappa shape index (κ3) is 4.83. The number of aliphatic imine (C=N–C) groups is 1. The molecule has 1 aliphatic rings. The molecule has 0 saturated carbocycles. The van der Waals surface area contributed by atoms with Crippen molar-refractivity contribution in [3.63, 3.8) is 0 Å². The first-order valence-corrected chi connectivity index (χ1v) is 8.63. The molecule has 0 unspecified atom stereocenters. The number of nitriles is 1. The Morgan fingerprint density at radius 3 is 2.67 bits per heavy atom. The van der Waals surface area contributed by atoms with Crippen LogP contribution in [0.2, 0.25) is 0 Å². The van der Waals surface area contributed by atoms with Crippen molar-refractivity contribution >= 4 is 17.9 Å². The lowest BCUT2D eigenvalue weighted by atomic mass is 10.1. The fraction of sp³-hybridized carbons (Fsp3) is 0.421. The molecule has 0 radical (unpaired) electrons. The molecule has 0 aromatic heterocycles. The van der Waals surface area contributed by atoms with Crippen LogP contribution in [0.25, 0.3) is 5.57 Å². The fourth-order valence-corrected chi connectivity index (χ4v) is 2.85. The number of guanidine groups is 1. The van der Waals surface area contributed by atoms with Crippen LogP contribution in [0.5, 0.6) is 5.75 Å². The zero-order valence-corrected chi connectivity index (χ0v) is 15.8. The molecule has 2 N–H and O–H groups in total. The van der Waals surface area contributed by atoms with Gasteiger partial charge in [0, 0.05) is 26.2 Å². The maximum atomic E-state index is 14.0. The molecular formula is C19H24FN5O2. The Morgan fingerprint density at radius 1 is 1.48 bits per heavy atom. The number of allylic oxidation sites excluding steroid dienone is 2. The van der Waals surface area contributed by atoms with Gasteiger partial charge in [0.25, 0.3) is 0 Å². The molecule has 0 atom stereocenters. The highest BCUT2D eigenvalue weighted by molar-refractivity contribution is 5.90. The van der Waals surface area contributed by atoms with Crippen LogP contribution in [0.1, 0.15) is 25.3 Å². The van der Waals surface area contributed by atoms with Crippen LogP contribution in [-0.2, 0) is 4.79 Å². The van der Waals surface area contributed by atoms with Crippen molar-refractivity contribution in [2.75, 3.05) is 27.2 Å². The number of hydrogen-bond acceptors (Lipinski definition) is 5. The normalized spacial score (nSPS) is 16.4. The minimum absolute atomic E-state index is 0.109. The van der Waals surface area contributed by atoms with E-state index in [2.05, 4.69) is 11.1 Å². The van der Waals surface area contributed by atoms with Gasteiger partial charge >= 0.3 is 0 Å². The van der Waals surface area contributed by atoms with Crippen molar-refractivity contribution in [3.8, 4) is 11.8 Å². The molecule has 1 aromatic carbocycles. The summed E-state index contributed by atoms with van der Waals surface area (Å²) in [4.78, 5) is 19.0. The van der Waals surface area contributed by atoms with Gasteiger partial charge in [-0.15, -0.1) is 0 Å². The van der Waals surface area contributed by atoms with Crippen LogP contribution >= 0.6 is 0 Å². The maximum Gasteiger partial charge on any atom is 0.216 e. The SMILES string of the molecule is COc1ccc(/C(C)=C(\C#N)N=C(N(C)C=O)N2CCC(N)CC2)cc1F. The van der Waals surface area contributed by atoms with Gasteiger partial charge in [-0.25, -0.2) is 9.38 Å². The number of halogens is 1. The van der Waals surface area contributed by atoms with E-state index in [0.29, 0.717) is 36.6 Å². The molecule has 7 nitrogen and oxygen atoms in total. The standard InChI is InChI=1S/C19H24FN5O2/c1-13(14-4-5-18(27-3)16(20)10-14)17(11-21)23-19(24(2)12-26)25-8-6-15(22)7-9-25/h4-5,10,12,15H,6-9,22H2,1-3H3/b17-13+,23-19?. The van der Waals surface area contributed by atoms with E-state index < -0.39 is 5.82 Å². The lowest BCUT2D eigenvalue weighted by Crippen LogP contribution is -2.48. The molecule has 1 aliphatic heterocycles. The van der Waals surface area contributed by atoms with Gasteiger partial charge in [0.05, 0.1) is 7.11 Å². The third-order valence-electron chi connectivity index (χ3n) is 4.55. The third-order valence-corrected chi connectivity index (χ3v) is 4.55. The zero-order valence-electron chi connectivity index (χ0n) is 15.8. The lowest BCUT2D eigenvalue weighted by molar-refractivity contribution is -0.114. The number of likely N-dealkylation sites (tertiary alicyclic amines) is 1. The Kier molecular flexibility index (Phi) is 6.91. The van der Waals surface area contributed by atoms with Gasteiger partial charge in [-0.3, -0.25) is 9.69 Å². The first kappa shape index (κ1) is 20.4.